The average Bonchev–Trinajstić information content (AvgIpc) is 2.86. The van der Waals surface area contributed by atoms with E-state index in [-0.39, 0.29) is 5.39 Å². The van der Waals surface area contributed by atoms with Gasteiger partial charge in [0.1, 0.15) is 6.17 Å². The second-order valence-electron chi connectivity index (χ2n) is 9.17. The molecule has 1 N–H and O–H groups in total. The second kappa shape index (κ2) is 10.9. The van der Waals surface area contributed by atoms with Gasteiger partial charge >= 0.3 is 6.18 Å². The van der Waals surface area contributed by atoms with Crippen LogP contribution in [0.1, 0.15) is 31.4 Å². The van der Waals surface area contributed by atoms with E-state index in [1.807, 2.05) is 0 Å². The predicted octanol–water partition coefficient (Wildman–Crippen LogP) is 5.15. The molecule has 0 radical (unpaired) electrons. The quantitative estimate of drug-likeness (QED) is 0.286. The van der Waals surface area contributed by atoms with Crippen LogP contribution in [0, 0.1) is 11.6 Å². The molecule has 16 heteroatoms. The summed E-state index contributed by atoms with van der Waals surface area (Å²) in [6.07, 6.45) is -5.53. The standard InChI is InChI=1S/C25H19F8N5O3/c1-11(41-16-9-36-37-22(39)18(16)25(31,32)33)5-14(26)10-38-4-3-12-6-15(19(27)20(28)17(12)23(38)40)21-34-7-13(8-35-21)24(2,29)30/h3-4,6-9,11,14H,5,10H2,1-2H3,(H,37,39)/t11-,14+/m0/s1. The van der Waals surface area contributed by atoms with Gasteiger partial charge in [0.05, 0.1) is 35.4 Å². The summed E-state index contributed by atoms with van der Waals surface area (Å²) in [5, 5.41) is 4.04. The largest absolute Gasteiger partial charge is 0.488 e. The topological polar surface area (TPSA) is 103 Å². The summed E-state index contributed by atoms with van der Waals surface area (Å²) in [5.74, 6) is -7.73. The number of aromatic amines is 1. The summed E-state index contributed by atoms with van der Waals surface area (Å²) in [6, 6.07) is 2.22. The van der Waals surface area contributed by atoms with Gasteiger partial charge in [0.15, 0.2) is 28.8 Å². The summed E-state index contributed by atoms with van der Waals surface area (Å²) in [4.78, 5) is 31.8. The highest BCUT2D eigenvalue weighted by atomic mass is 19.4. The maximum atomic E-state index is 15.0. The van der Waals surface area contributed by atoms with E-state index in [1.54, 1.807) is 5.10 Å². The number of rotatable bonds is 8. The van der Waals surface area contributed by atoms with Crippen molar-refractivity contribution in [1.82, 2.24) is 24.7 Å². The summed E-state index contributed by atoms with van der Waals surface area (Å²) in [6.45, 7) is 1.14. The Hall–Kier alpha value is -4.37. The van der Waals surface area contributed by atoms with Gasteiger partial charge in [0, 0.05) is 31.9 Å². The van der Waals surface area contributed by atoms with E-state index in [2.05, 4.69) is 15.1 Å². The third-order valence-electron chi connectivity index (χ3n) is 5.96. The van der Waals surface area contributed by atoms with Gasteiger partial charge in [0.2, 0.25) is 0 Å². The first-order valence-corrected chi connectivity index (χ1v) is 11.8. The van der Waals surface area contributed by atoms with Gasteiger partial charge < -0.3 is 9.30 Å². The molecule has 8 nitrogen and oxygen atoms in total. The molecule has 218 valence electrons. The molecule has 1 aromatic carbocycles. The number of halogens is 8. The van der Waals surface area contributed by atoms with Gasteiger partial charge in [-0.3, -0.25) is 9.59 Å². The van der Waals surface area contributed by atoms with Crippen LogP contribution in [-0.4, -0.2) is 37.0 Å². The molecule has 0 aliphatic heterocycles. The summed E-state index contributed by atoms with van der Waals surface area (Å²) < 4.78 is 117. The number of nitrogens with zero attached hydrogens (tertiary/aromatic N) is 4. The summed E-state index contributed by atoms with van der Waals surface area (Å²) in [5.41, 5.74) is -5.37. The van der Waals surface area contributed by atoms with Crippen molar-refractivity contribution in [3.05, 3.63) is 80.4 Å². The maximum Gasteiger partial charge on any atom is 0.425 e. The van der Waals surface area contributed by atoms with Crippen LogP contribution in [0.25, 0.3) is 22.2 Å². The van der Waals surface area contributed by atoms with Crippen molar-refractivity contribution < 1.29 is 39.9 Å². The molecule has 0 unspecified atom stereocenters. The third-order valence-corrected chi connectivity index (χ3v) is 5.96. The van der Waals surface area contributed by atoms with Gasteiger partial charge in [-0.15, -0.1) is 0 Å². The fraction of sp³-hybridized carbons (Fsp3) is 0.320. The normalized spacial score (nSPS) is 13.8. The molecule has 0 saturated carbocycles. The Kier molecular flexibility index (Phi) is 7.87. The zero-order valence-electron chi connectivity index (χ0n) is 21.1. The van der Waals surface area contributed by atoms with Gasteiger partial charge in [-0.2, -0.15) is 18.3 Å². The molecule has 0 saturated heterocycles. The maximum absolute atomic E-state index is 15.0. The number of fused-ring (bicyclic) bond motifs is 1. The second-order valence-corrected chi connectivity index (χ2v) is 9.17. The Morgan fingerprint density at radius 3 is 2.32 bits per heavy atom. The minimum absolute atomic E-state index is 0.109. The van der Waals surface area contributed by atoms with Crippen molar-refractivity contribution in [2.75, 3.05) is 0 Å². The minimum Gasteiger partial charge on any atom is -0.488 e. The molecule has 0 aliphatic carbocycles. The number of hydrogen-bond donors (Lipinski definition) is 1. The molecule has 41 heavy (non-hydrogen) atoms. The molecule has 3 aromatic heterocycles. The molecular weight excluding hydrogens is 570 g/mol. The Morgan fingerprint density at radius 2 is 1.71 bits per heavy atom. The Labute approximate surface area is 224 Å². The van der Waals surface area contributed by atoms with Gasteiger partial charge in [-0.1, -0.05) is 0 Å². The van der Waals surface area contributed by atoms with Gasteiger partial charge in [0.25, 0.3) is 17.0 Å². The van der Waals surface area contributed by atoms with E-state index in [0.29, 0.717) is 13.1 Å². The fourth-order valence-electron chi connectivity index (χ4n) is 4.03. The highest BCUT2D eigenvalue weighted by Crippen LogP contribution is 2.34. The lowest BCUT2D eigenvalue weighted by Crippen LogP contribution is -2.29. The van der Waals surface area contributed by atoms with Crippen molar-refractivity contribution >= 4 is 10.8 Å². The monoisotopic (exact) mass is 589 g/mol. The summed E-state index contributed by atoms with van der Waals surface area (Å²) >= 11 is 0. The van der Waals surface area contributed by atoms with Crippen LogP contribution in [0.3, 0.4) is 0 Å². The molecule has 0 fully saturated rings. The highest BCUT2D eigenvalue weighted by Gasteiger charge is 2.38. The lowest BCUT2D eigenvalue weighted by atomic mass is 10.1. The lowest BCUT2D eigenvalue weighted by molar-refractivity contribution is -0.140. The van der Waals surface area contributed by atoms with Crippen molar-refractivity contribution in [1.29, 1.82) is 0 Å². The Bertz CT molecular complexity index is 1700. The number of nitrogens with one attached hydrogen (secondary N) is 1. The number of pyridine rings is 1. The molecule has 0 aliphatic rings. The van der Waals surface area contributed by atoms with E-state index in [4.69, 9.17) is 4.74 Å². The van der Waals surface area contributed by atoms with Gasteiger partial charge in [-0.05, 0) is 24.4 Å². The first kappa shape index (κ1) is 29.6. The molecular formula is C25H19F8N5O3. The summed E-state index contributed by atoms with van der Waals surface area (Å²) in [7, 11) is 0. The molecule has 4 rings (SSSR count). The first-order chi connectivity index (χ1) is 19.1. The van der Waals surface area contributed by atoms with Crippen LogP contribution in [0.5, 0.6) is 5.75 Å². The Balaban J connectivity index is 1.56. The van der Waals surface area contributed by atoms with Crippen LogP contribution in [0.2, 0.25) is 0 Å². The molecule has 0 bridgehead atoms. The van der Waals surface area contributed by atoms with Crippen LogP contribution in [0.15, 0.2) is 46.5 Å². The average molecular weight is 589 g/mol. The molecule has 4 aromatic rings. The third kappa shape index (κ3) is 6.20. The van der Waals surface area contributed by atoms with E-state index < -0.39 is 93.7 Å². The molecule has 2 atom stereocenters. The Morgan fingerprint density at radius 1 is 1.05 bits per heavy atom. The molecule has 0 spiro atoms. The minimum atomic E-state index is -5.07. The number of ether oxygens (including phenoxy) is 1. The van der Waals surface area contributed by atoms with Crippen molar-refractivity contribution in [2.24, 2.45) is 0 Å². The SMILES string of the molecule is C[C@@H](C[C@@H](F)Cn1ccc2cc(-c3ncc(C(C)(F)F)cn3)c(F)c(F)c2c1=O)Oc1cn[nH]c(=O)c1C(F)(F)F. The molecule has 3 heterocycles. The predicted molar refractivity (Wildman–Crippen MR) is 128 cm³/mol. The number of hydrogen-bond acceptors (Lipinski definition) is 6. The lowest BCUT2D eigenvalue weighted by Gasteiger charge is -2.19. The van der Waals surface area contributed by atoms with E-state index in [9.17, 15) is 40.3 Å². The highest BCUT2D eigenvalue weighted by molar-refractivity contribution is 5.86. The molecule has 0 amide bonds. The van der Waals surface area contributed by atoms with E-state index in [1.165, 1.54) is 13.0 Å². The van der Waals surface area contributed by atoms with E-state index >= 15 is 4.39 Å². The number of H-pyrrole nitrogens is 1. The number of alkyl halides is 6. The van der Waals surface area contributed by atoms with Crippen molar-refractivity contribution in [2.45, 2.75) is 51.2 Å². The zero-order chi connectivity index (χ0) is 30.3. The van der Waals surface area contributed by atoms with Crippen LogP contribution in [0.4, 0.5) is 35.1 Å². The zero-order valence-corrected chi connectivity index (χ0v) is 21.1. The van der Waals surface area contributed by atoms with Crippen molar-refractivity contribution in [3.63, 3.8) is 0 Å². The van der Waals surface area contributed by atoms with Crippen LogP contribution >= 0.6 is 0 Å². The van der Waals surface area contributed by atoms with E-state index in [0.717, 1.165) is 29.2 Å². The first-order valence-electron chi connectivity index (χ1n) is 11.8. The fourth-order valence-corrected chi connectivity index (χ4v) is 4.03. The van der Waals surface area contributed by atoms with Gasteiger partial charge in [-0.25, -0.2) is 37.0 Å². The number of benzene rings is 1. The smallest absolute Gasteiger partial charge is 0.425 e. The van der Waals surface area contributed by atoms with Crippen molar-refractivity contribution in [3.8, 4) is 17.1 Å². The number of aromatic nitrogens is 5. The van der Waals surface area contributed by atoms with Crippen LogP contribution < -0.4 is 15.9 Å². The van der Waals surface area contributed by atoms with Crippen LogP contribution in [-0.2, 0) is 18.6 Å².